The Balaban J connectivity index is 1.53. The molecule has 0 spiro atoms. The van der Waals surface area contributed by atoms with Crippen LogP contribution < -0.4 is 0 Å². The first-order chi connectivity index (χ1) is 13.7. The van der Waals surface area contributed by atoms with Gasteiger partial charge in [-0.15, -0.1) is 21.5 Å². The minimum Gasteiger partial charge on any atom is -0.420 e. The molecule has 1 atom stereocenters. The van der Waals surface area contributed by atoms with Crippen molar-refractivity contribution >= 4 is 21.4 Å². The molecule has 4 rings (SSSR count). The summed E-state index contributed by atoms with van der Waals surface area (Å²) in [7, 11) is -3.56. The van der Waals surface area contributed by atoms with Gasteiger partial charge < -0.3 is 4.42 Å². The number of thiophene rings is 1. The van der Waals surface area contributed by atoms with Crippen molar-refractivity contribution < 1.29 is 12.8 Å². The Morgan fingerprint density at radius 3 is 2.55 bits per heavy atom. The van der Waals surface area contributed by atoms with E-state index in [0.29, 0.717) is 29.8 Å². The molecule has 1 fully saturated rings. The van der Waals surface area contributed by atoms with Crippen molar-refractivity contribution in [3.63, 3.8) is 0 Å². The fourth-order valence-corrected chi connectivity index (χ4v) is 5.71. The first-order valence-electron chi connectivity index (χ1n) is 9.73. The second-order valence-corrected chi connectivity index (χ2v) is 11.3. The van der Waals surface area contributed by atoms with Gasteiger partial charge in [-0.1, -0.05) is 39.0 Å². The van der Waals surface area contributed by atoms with Gasteiger partial charge in [0.25, 0.3) is 5.89 Å². The van der Waals surface area contributed by atoms with Crippen LogP contribution in [0.4, 0.5) is 0 Å². The predicted octanol–water partition coefficient (Wildman–Crippen LogP) is 4.66. The van der Waals surface area contributed by atoms with E-state index in [1.807, 2.05) is 29.6 Å². The van der Waals surface area contributed by atoms with Crippen molar-refractivity contribution in [2.24, 2.45) is 0 Å². The lowest BCUT2D eigenvalue weighted by molar-refractivity contribution is 0.286. The Kier molecular flexibility index (Phi) is 5.35. The number of sulfonamides is 1. The molecule has 0 saturated carbocycles. The molecule has 1 aliphatic heterocycles. The molecule has 0 amide bonds. The molecule has 2 aromatic heterocycles. The van der Waals surface area contributed by atoms with E-state index in [-0.39, 0.29) is 11.3 Å². The van der Waals surface area contributed by atoms with Crippen molar-refractivity contribution in [2.45, 2.75) is 49.8 Å². The molecule has 8 heteroatoms. The maximum Gasteiger partial charge on any atom is 0.257 e. The maximum atomic E-state index is 13.2. The lowest BCUT2D eigenvalue weighted by atomic mass is 9.87. The zero-order valence-corrected chi connectivity index (χ0v) is 18.5. The number of benzene rings is 1. The Labute approximate surface area is 175 Å². The highest BCUT2D eigenvalue weighted by Gasteiger charge is 2.33. The standard InChI is InChI=1S/C21H25N3O3S2/c1-21(2,3)16-8-10-17(11-9-16)29(25,26)24-12-4-6-15(14-24)19-22-23-20(27-19)18-7-5-13-28-18/h5,7-11,13,15H,4,6,12,14H2,1-3H3. The van der Waals surface area contributed by atoms with Crippen molar-refractivity contribution in [3.05, 3.63) is 53.2 Å². The van der Waals surface area contributed by atoms with Crippen LogP contribution in [0.3, 0.4) is 0 Å². The van der Waals surface area contributed by atoms with Crippen LogP contribution in [0.5, 0.6) is 0 Å². The maximum absolute atomic E-state index is 13.2. The van der Waals surface area contributed by atoms with Gasteiger partial charge in [0.1, 0.15) is 0 Å². The Morgan fingerprint density at radius 2 is 1.90 bits per heavy atom. The molecular weight excluding hydrogens is 406 g/mol. The third-order valence-corrected chi connectivity index (χ3v) is 8.00. The van der Waals surface area contributed by atoms with E-state index in [4.69, 9.17) is 4.42 Å². The van der Waals surface area contributed by atoms with Crippen LogP contribution in [0.2, 0.25) is 0 Å². The zero-order chi connectivity index (χ0) is 20.6. The van der Waals surface area contributed by atoms with Crippen molar-refractivity contribution in [2.75, 3.05) is 13.1 Å². The summed E-state index contributed by atoms with van der Waals surface area (Å²) >= 11 is 1.54. The second-order valence-electron chi connectivity index (χ2n) is 8.40. The van der Waals surface area contributed by atoms with Gasteiger partial charge in [-0.2, -0.15) is 4.31 Å². The topological polar surface area (TPSA) is 76.3 Å². The highest BCUT2D eigenvalue weighted by Crippen LogP contribution is 2.32. The lowest BCUT2D eigenvalue weighted by Gasteiger charge is -2.30. The van der Waals surface area contributed by atoms with Gasteiger partial charge in [-0.05, 0) is 47.4 Å². The lowest BCUT2D eigenvalue weighted by Crippen LogP contribution is -2.39. The minimum atomic E-state index is -3.56. The first-order valence-corrected chi connectivity index (χ1v) is 12.0. The summed E-state index contributed by atoms with van der Waals surface area (Å²) in [4.78, 5) is 1.25. The van der Waals surface area contributed by atoms with Gasteiger partial charge in [-0.3, -0.25) is 0 Å². The third kappa shape index (κ3) is 4.15. The van der Waals surface area contributed by atoms with Gasteiger partial charge >= 0.3 is 0 Å². The van der Waals surface area contributed by atoms with Crippen LogP contribution in [-0.4, -0.2) is 36.0 Å². The molecule has 0 bridgehead atoms. The molecular formula is C21H25N3O3S2. The van der Waals surface area contributed by atoms with Crippen molar-refractivity contribution in [1.29, 1.82) is 0 Å². The van der Waals surface area contributed by atoms with E-state index in [2.05, 4.69) is 31.0 Å². The van der Waals surface area contributed by atoms with E-state index in [1.165, 1.54) is 11.3 Å². The summed E-state index contributed by atoms with van der Waals surface area (Å²) in [5.41, 5.74) is 1.09. The second kappa shape index (κ2) is 7.66. The van der Waals surface area contributed by atoms with Crippen LogP contribution in [0.25, 0.3) is 10.8 Å². The summed E-state index contributed by atoms with van der Waals surface area (Å²) in [5.74, 6) is 0.915. The van der Waals surface area contributed by atoms with Gasteiger partial charge in [0.15, 0.2) is 0 Å². The highest BCUT2D eigenvalue weighted by molar-refractivity contribution is 7.89. The molecule has 0 radical (unpaired) electrons. The molecule has 154 valence electrons. The molecule has 1 saturated heterocycles. The zero-order valence-electron chi connectivity index (χ0n) is 16.8. The molecule has 3 heterocycles. The summed E-state index contributed by atoms with van der Waals surface area (Å²) in [5, 5.41) is 10.3. The molecule has 29 heavy (non-hydrogen) atoms. The van der Waals surface area contributed by atoms with Crippen LogP contribution in [-0.2, 0) is 15.4 Å². The van der Waals surface area contributed by atoms with Crippen LogP contribution in [0, 0.1) is 0 Å². The summed E-state index contributed by atoms with van der Waals surface area (Å²) < 4.78 is 33.8. The Morgan fingerprint density at radius 1 is 1.14 bits per heavy atom. The average molecular weight is 432 g/mol. The summed E-state index contributed by atoms with van der Waals surface area (Å²) in [6.45, 7) is 7.20. The predicted molar refractivity (Wildman–Crippen MR) is 113 cm³/mol. The van der Waals surface area contributed by atoms with Crippen molar-refractivity contribution in [3.8, 4) is 10.8 Å². The first kappa shape index (κ1) is 20.3. The van der Waals surface area contributed by atoms with E-state index < -0.39 is 10.0 Å². The average Bonchev–Trinajstić information content (AvgIpc) is 3.39. The number of hydrogen-bond acceptors (Lipinski definition) is 6. The van der Waals surface area contributed by atoms with Crippen LogP contribution >= 0.6 is 11.3 Å². The number of hydrogen-bond donors (Lipinski definition) is 0. The summed E-state index contributed by atoms with van der Waals surface area (Å²) in [6.07, 6.45) is 1.60. The molecule has 3 aromatic rings. The molecule has 1 unspecified atom stereocenters. The SMILES string of the molecule is CC(C)(C)c1ccc(S(=O)(=O)N2CCCC(c3nnc(-c4cccs4)o3)C2)cc1. The van der Waals surface area contributed by atoms with E-state index >= 15 is 0 Å². The molecule has 0 N–H and O–H groups in total. The molecule has 1 aromatic carbocycles. The van der Waals surface area contributed by atoms with E-state index in [9.17, 15) is 8.42 Å². The van der Waals surface area contributed by atoms with Gasteiger partial charge in [0, 0.05) is 13.1 Å². The monoisotopic (exact) mass is 431 g/mol. The van der Waals surface area contributed by atoms with Crippen LogP contribution in [0.1, 0.15) is 51.0 Å². The van der Waals surface area contributed by atoms with E-state index in [1.54, 1.807) is 16.4 Å². The number of piperidine rings is 1. The smallest absolute Gasteiger partial charge is 0.257 e. The number of aromatic nitrogens is 2. The Hall–Kier alpha value is -2.03. The van der Waals surface area contributed by atoms with Crippen LogP contribution in [0.15, 0.2) is 51.1 Å². The number of rotatable bonds is 4. The highest BCUT2D eigenvalue weighted by atomic mass is 32.2. The fraction of sp³-hybridized carbons (Fsp3) is 0.429. The van der Waals surface area contributed by atoms with E-state index in [0.717, 1.165) is 23.3 Å². The molecule has 1 aliphatic rings. The largest absolute Gasteiger partial charge is 0.420 e. The fourth-order valence-electron chi connectivity index (χ4n) is 3.54. The minimum absolute atomic E-state index is 0.0171. The summed E-state index contributed by atoms with van der Waals surface area (Å²) in [6, 6.07) is 11.1. The van der Waals surface area contributed by atoms with Gasteiger partial charge in [0.05, 0.1) is 15.7 Å². The molecule has 0 aliphatic carbocycles. The molecule has 6 nitrogen and oxygen atoms in total. The van der Waals surface area contributed by atoms with Crippen molar-refractivity contribution in [1.82, 2.24) is 14.5 Å². The third-order valence-electron chi connectivity index (χ3n) is 5.26. The van der Waals surface area contributed by atoms with Gasteiger partial charge in [-0.25, -0.2) is 8.42 Å². The normalized spacial score (nSPS) is 18.8. The Bertz CT molecular complexity index is 1070. The quantitative estimate of drug-likeness (QED) is 0.600. The number of nitrogens with zero attached hydrogens (tertiary/aromatic N) is 3. The van der Waals surface area contributed by atoms with Gasteiger partial charge in [0.2, 0.25) is 15.9 Å².